The van der Waals surface area contributed by atoms with Crippen LogP contribution in [0.2, 0.25) is 0 Å². The molecule has 0 N–H and O–H groups in total. The Morgan fingerprint density at radius 3 is 2.75 bits per heavy atom. The maximum atomic E-state index is 12.9. The molecule has 0 saturated heterocycles. The third-order valence-corrected chi connectivity index (χ3v) is 3.95. The maximum absolute atomic E-state index is 12.9. The van der Waals surface area contributed by atoms with Crippen LogP contribution in [0.5, 0.6) is 0 Å². The normalized spacial score (nSPS) is 11.0. The average molecular weight is 399 g/mol. The highest BCUT2D eigenvalue weighted by Gasteiger charge is 2.10. The van der Waals surface area contributed by atoms with Crippen LogP contribution in [0.3, 0.4) is 0 Å². The van der Waals surface area contributed by atoms with Crippen molar-refractivity contribution < 1.29 is 4.39 Å². The van der Waals surface area contributed by atoms with Crippen molar-refractivity contribution in [3.63, 3.8) is 0 Å². The van der Waals surface area contributed by atoms with Gasteiger partial charge in [-0.15, -0.1) is 5.10 Å². The highest BCUT2D eigenvalue weighted by atomic mass is 127. The second kappa shape index (κ2) is 4.82. The molecule has 7 heteroatoms. The third-order valence-electron chi connectivity index (χ3n) is 2.17. The SMILES string of the molecule is CCn1ncc(Cn2nc(F)cc2I)c1Br. The molecule has 4 nitrogen and oxygen atoms in total. The molecule has 0 bridgehead atoms. The number of halogens is 3. The van der Waals surface area contributed by atoms with Crippen molar-refractivity contribution >= 4 is 38.5 Å². The van der Waals surface area contributed by atoms with E-state index in [1.807, 2.05) is 11.6 Å². The van der Waals surface area contributed by atoms with E-state index in [9.17, 15) is 4.39 Å². The standard InChI is InChI=1S/C9H9BrFIN4/c1-2-15-9(10)6(4-13-15)5-16-8(12)3-7(11)14-16/h3-4H,2,5H2,1H3. The first-order valence-electron chi connectivity index (χ1n) is 4.71. The van der Waals surface area contributed by atoms with E-state index >= 15 is 0 Å². The van der Waals surface area contributed by atoms with E-state index in [0.29, 0.717) is 6.54 Å². The fourth-order valence-corrected chi connectivity index (χ4v) is 2.48. The van der Waals surface area contributed by atoms with Crippen LogP contribution in [-0.2, 0) is 13.1 Å². The van der Waals surface area contributed by atoms with Crippen molar-refractivity contribution in [2.75, 3.05) is 0 Å². The lowest BCUT2D eigenvalue weighted by Gasteiger charge is -2.02. The molecule has 0 fully saturated rings. The Kier molecular flexibility index (Phi) is 3.63. The van der Waals surface area contributed by atoms with E-state index in [0.717, 1.165) is 20.4 Å². The molecule has 86 valence electrons. The maximum Gasteiger partial charge on any atom is 0.233 e. The van der Waals surface area contributed by atoms with Gasteiger partial charge in [-0.1, -0.05) is 0 Å². The minimum absolute atomic E-state index is 0.455. The molecule has 0 aliphatic rings. The summed E-state index contributed by atoms with van der Waals surface area (Å²) in [4.78, 5) is 0. The number of hydrogen-bond acceptors (Lipinski definition) is 2. The second-order valence-electron chi connectivity index (χ2n) is 3.22. The molecular weight excluding hydrogens is 390 g/mol. The number of hydrogen-bond donors (Lipinski definition) is 0. The summed E-state index contributed by atoms with van der Waals surface area (Å²) in [6.45, 7) is 3.33. The van der Waals surface area contributed by atoms with Crippen molar-refractivity contribution in [1.29, 1.82) is 0 Å². The molecule has 2 heterocycles. The Balaban J connectivity index is 2.27. The molecule has 0 aliphatic carbocycles. The van der Waals surface area contributed by atoms with Gasteiger partial charge in [-0.3, -0.25) is 9.36 Å². The zero-order chi connectivity index (χ0) is 11.7. The molecule has 0 saturated carbocycles. The van der Waals surface area contributed by atoms with Crippen molar-refractivity contribution in [1.82, 2.24) is 19.6 Å². The Hall–Kier alpha value is -0.440. The van der Waals surface area contributed by atoms with Crippen LogP contribution in [-0.4, -0.2) is 19.6 Å². The summed E-state index contributed by atoms with van der Waals surface area (Å²) in [5, 5.41) is 7.97. The van der Waals surface area contributed by atoms with Crippen LogP contribution in [0.25, 0.3) is 0 Å². The monoisotopic (exact) mass is 398 g/mol. The molecular formula is C9H9BrFIN4. The Labute approximate surface area is 114 Å². The lowest BCUT2D eigenvalue weighted by atomic mass is 10.4. The predicted octanol–water partition coefficient (Wildman–Crippen LogP) is 2.65. The van der Waals surface area contributed by atoms with Gasteiger partial charge in [0.25, 0.3) is 0 Å². The van der Waals surface area contributed by atoms with E-state index in [1.165, 1.54) is 6.07 Å². The Bertz CT molecular complexity index is 508. The zero-order valence-electron chi connectivity index (χ0n) is 8.49. The highest BCUT2D eigenvalue weighted by Crippen LogP contribution is 2.18. The van der Waals surface area contributed by atoms with E-state index in [1.54, 1.807) is 10.9 Å². The predicted molar refractivity (Wildman–Crippen MR) is 69.6 cm³/mol. The first-order valence-corrected chi connectivity index (χ1v) is 6.58. The number of aromatic nitrogens is 4. The first kappa shape index (κ1) is 12.0. The van der Waals surface area contributed by atoms with Gasteiger partial charge in [0.05, 0.1) is 12.7 Å². The smallest absolute Gasteiger partial charge is 0.233 e. The van der Waals surface area contributed by atoms with Crippen LogP contribution in [0.1, 0.15) is 12.5 Å². The number of aryl methyl sites for hydroxylation is 1. The molecule has 0 aromatic carbocycles. The number of nitrogens with zero attached hydrogens (tertiary/aromatic N) is 4. The van der Waals surface area contributed by atoms with Crippen LogP contribution in [0.15, 0.2) is 16.9 Å². The van der Waals surface area contributed by atoms with E-state index in [-0.39, 0.29) is 0 Å². The summed E-state index contributed by atoms with van der Waals surface area (Å²) in [6, 6.07) is 1.40. The van der Waals surface area contributed by atoms with Crippen LogP contribution < -0.4 is 0 Å². The molecule has 2 rings (SSSR count). The fraction of sp³-hybridized carbons (Fsp3) is 0.333. The molecule has 0 radical (unpaired) electrons. The van der Waals surface area contributed by atoms with Gasteiger partial charge in [-0.05, 0) is 45.4 Å². The summed E-state index contributed by atoms with van der Waals surface area (Å²) < 4.78 is 18.0. The molecule has 2 aromatic rings. The molecule has 0 aliphatic heterocycles. The molecule has 0 unspecified atom stereocenters. The van der Waals surface area contributed by atoms with Gasteiger partial charge in [0.1, 0.15) is 8.30 Å². The lowest BCUT2D eigenvalue weighted by Crippen LogP contribution is -2.04. The molecule has 0 spiro atoms. The zero-order valence-corrected chi connectivity index (χ0v) is 12.2. The van der Waals surface area contributed by atoms with Crippen molar-refractivity contribution in [2.45, 2.75) is 20.0 Å². The summed E-state index contributed by atoms with van der Waals surface area (Å²) >= 11 is 5.52. The largest absolute Gasteiger partial charge is 0.258 e. The average Bonchev–Trinajstić information content (AvgIpc) is 2.73. The van der Waals surface area contributed by atoms with E-state index in [2.05, 4.69) is 48.7 Å². The van der Waals surface area contributed by atoms with Gasteiger partial charge in [0.15, 0.2) is 0 Å². The minimum Gasteiger partial charge on any atom is -0.258 e. The summed E-state index contributed by atoms with van der Waals surface area (Å²) in [6.07, 6.45) is 1.77. The molecule has 2 aromatic heterocycles. The van der Waals surface area contributed by atoms with Crippen LogP contribution in [0.4, 0.5) is 4.39 Å². The summed E-state index contributed by atoms with van der Waals surface area (Å²) in [5.74, 6) is -0.455. The highest BCUT2D eigenvalue weighted by molar-refractivity contribution is 14.1. The van der Waals surface area contributed by atoms with Crippen molar-refractivity contribution in [2.24, 2.45) is 0 Å². The van der Waals surface area contributed by atoms with Gasteiger partial charge >= 0.3 is 0 Å². The Morgan fingerprint density at radius 1 is 1.50 bits per heavy atom. The van der Waals surface area contributed by atoms with Gasteiger partial charge in [0.2, 0.25) is 5.95 Å². The van der Waals surface area contributed by atoms with Gasteiger partial charge in [0, 0.05) is 18.2 Å². The summed E-state index contributed by atoms with van der Waals surface area (Å²) in [5.41, 5.74) is 0.989. The quantitative estimate of drug-likeness (QED) is 0.745. The Morgan fingerprint density at radius 2 is 2.25 bits per heavy atom. The molecule has 0 atom stereocenters. The third kappa shape index (κ3) is 2.29. The van der Waals surface area contributed by atoms with Crippen LogP contribution >= 0.6 is 38.5 Å². The van der Waals surface area contributed by atoms with Gasteiger partial charge < -0.3 is 0 Å². The molecule has 0 amide bonds. The lowest BCUT2D eigenvalue weighted by molar-refractivity contribution is 0.537. The van der Waals surface area contributed by atoms with Crippen molar-refractivity contribution in [3.05, 3.63) is 32.1 Å². The number of rotatable bonds is 3. The summed E-state index contributed by atoms with van der Waals surface area (Å²) in [7, 11) is 0. The molecule has 16 heavy (non-hydrogen) atoms. The second-order valence-corrected chi connectivity index (χ2v) is 5.08. The van der Waals surface area contributed by atoms with Gasteiger partial charge in [-0.2, -0.15) is 9.49 Å². The topological polar surface area (TPSA) is 35.6 Å². The van der Waals surface area contributed by atoms with E-state index < -0.39 is 5.95 Å². The van der Waals surface area contributed by atoms with Crippen LogP contribution in [0, 0.1) is 9.65 Å². The minimum atomic E-state index is -0.455. The van der Waals surface area contributed by atoms with Crippen molar-refractivity contribution in [3.8, 4) is 0 Å². The van der Waals surface area contributed by atoms with Gasteiger partial charge in [-0.25, -0.2) is 0 Å². The first-order chi connectivity index (χ1) is 7.61. The fourth-order valence-electron chi connectivity index (χ4n) is 1.37. The van der Waals surface area contributed by atoms with E-state index in [4.69, 9.17) is 0 Å².